The highest BCUT2D eigenvalue weighted by atomic mass is 14.5. The number of benzene rings is 10. The monoisotopic (exact) mass is 854 g/mol. The van der Waals surface area contributed by atoms with Crippen LogP contribution in [0.15, 0.2) is 231 Å². The third-order valence-electron chi connectivity index (χ3n) is 15.8. The van der Waals surface area contributed by atoms with E-state index in [-0.39, 0.29) is 10.8 Å². The van der Waals surface area contributed by atoms with E-state index in [4.69, 9.17) is 0 Å². The lowest BCUT2D eigenvalue weighted by Gasteiger charge is -2.34. The zero-order chi connectivity index (χ0) is 45.1. The van der Waals surface area contributed by atoms with Gasteiger partial charge < -0.3 is 0 Å². The maximum atomic E-state index is 2.46. The summed E-state index contributed by atoms with van der Waals surface area (Å²) in [5, 5.41) is 0. The second-order valence-electron chi connectivity index (χ2n) is 20.0. The Balaban J connectivity index is 0.921. The van der Waals surface area contributed by atoms with Crippen LogP contribution in [0, 0.1) is 0 Å². The molecular weight excluding hydrogens is 805 g/mol. The molecule has 0 saturated carbocycles. The molecule has 0 fully saturated rings. The Morgan fingerprint density at radius 3 is 0.881 bits per heavy atom. The van der Waals surface area contributed by atoms with Crippen LogP contribution < -0.4 is 0 Å². The van der Waals surface area contributed by atoms with Crippen molar-refractivity contribution in [2.45, 2.75) is 43.9 Å². The molecule has 0 bridgehead atoms. The third-order valence-corrected chi connectivity index (χ3v) is 15.8. The summed E-state index contributed by atoms with van der Waals surface area (Å²) in [5.74, 6) is 0. The minimum Gasteiger partial charge on any atom is -0.0619 e. The van der Waals surface area contributed by atoms with Gasteiger partial charge >= 0.3 is 0 Å². The van der Waals surface area contributed by atoms with Crippen molar-refractivity contribution >= 4 is 0 Å². The molecule has 0 atom stereocenters. The highest BCUT2D eigenvalue weighted by Gasteiger charge is 2.46. The lowest BCUT2D eigenvalue weighted by Crippen LogP contribution is -2.28. The zero-order valence-corrected chi connectivity index (χ0v) is 38.4. The first-order valence-corrected chi connectivity index (χ1v) is 23.8. The van der Waals surface area contributed by atoms with Crippen LogP contribution in [0.3, 0.4) is 0 Å². The molecule has 0 radical (unpaired) electrons. The lowest BCUT2D eigenvalue weighted by molar-refractivity contribution is 0.660. The molecule has 0 N–H and O–H groups in total. The molecule has 0 heteroatoms. The van der Waals surface area contributed by atoms with Gasteiger partial charge in [0.05, 0.1) is 5.41 Å². The van der Waals surface area contributed by atoms with Crippen molar-refractivity contribution in [3.63, 3.8) is 0 Å². The molecule has 318 valence electrons. The van der Waals surface area contributed by atoms with Crippen molar-refractivity contribution in [3.05, 3.63) is 275 Å². The fraction of sp³-hybridized carbons (Fsp3) is 0.104. The largest absolute Gasteiger partial charge is 0.0713 e. The first-order valence-electron chi connectivity index (χ1n) is 23.8. The van der Waals surface area contributed by atoms with E-state index in [1.165, 1.54) is 122 Å². The zero-order valence-electron chi connectivity index (χ0n) is 38.4. The van der Waals surface area contributed by atoms with Crippen LogP contribution in [0.2, 0.25) is 0 Å². The van der Waals surface area contributed by atoms with Crippen molar-refractivity contribution in [2.24, 2.45) is 0 Å². The maximum Gasteiger partial charge on any atom is 0.0713 e. The number of hydrogen-bond acceptors (Lipinski definition) is 0. The Hall–Kier alpha value is -7.80. The first kappa shape index (κ1) is 39.6. The fourth-order valence-electron chi connectivity index (χ4n) is 12.4. The minimum atomic E-state index is -0.546. The van der Waals surface area contributed by atoms with Gasteiger partial charge in [0.25, 0.3) is 0 Å². The van der Waals surface area contributed by atoms with Crippen molar-refractivity contribution in [1.29, 1.82) is 0 Å². The number of rotatable bonds is 6. The molecule has 0 heterocycles. The normalized spacial score (nSPS) is 14.9. The summed E-state index contributed by atoms with van der Waals surface area (Å²) in [4.78, 5) is 0. The van der Waals surface area contributed by atoms with E-state index in [2.05, 4.69) is 258 Å². The second-order valence-corrected chi connectivity index (χ2v) is 20.0. The molecule has 0 saturated heterocycles. The quantitative estimate of drug-likeness (QED) is 0.156. The molecule has 67 heavy (non-hydrogen) atoms. The summed E-state index contributed by atoms with van der Waals surface area (Å²) in [5.41, 5.74) is 27.9. The Labute approximate surface area is 394 Å². The Morgan fingerprint density at radius 1 is 0.209 bits per heavy atom. The molecular formula is C67H50. The summed E-state index contributed by atoms with van der Waals surface area (Å²) in [6.45, 7) is 9.45. The molecule has 3 aliphatic rings. The van der Waals surface area contributed by atoms with E-state index < -0.39 is 5.41 Å². The molecule has 10 aromatic carbocycles. The van der Waals surface area contributed by atoms with Gasteiger partial charge in [-0.25, -0.2) is 0 Å². The predicted molar refractivity (Wildman–Crippen MR) is 281 cm³/mol. The van der Waals surface area contributed by atoms with Crippen LogP contribution in [-0.2, 0) is 16.2 Å². The highest BCUT2D eigenvalue weighted by Crippen LogP contribution is 2.57. The van der Waals surface area contributed by atoms with Crippen molar-refractivity contribution in [3.8, 4) is 77.9 Å². The smallest absolute Gasteiger partial charge is 0.0619 e. The molecule has 0 spiro atoms. The van der Waals surface area contributed by atoms with Crippen LogP contribution in [0.1, 0.15) is 72.2 Å². The molecule has 0 nitrogen and oxygen atoms in total. The Kier molecular flexibility index (Phi) is 8.62. The first-order chi connectivity index (χ1) is 32.7. The number of hydrogen-bond donors (Lipinski definition) is 0. The van der Waals surface area contributed by atoms with Crippen molar-refractivity contribution < 1.29 is 0 Å². The van der Waals surface area contributed by atoms with Gasteiger partial charge in [-0.2, -0.15) is 0 Å². The van der Waals surface area contributed by atoms with Gasteiger partial charge in [0.2, 0.25) is 0 Å². The SMILES string of the molecule is CC1(C)c2ccccc2-c2ccc(-c3cccc(-c4cccc(C5(c6cccc(-c7cccc(-c8ccc9c(c8)C(C)(C)c8ccccc8-9)c7)c6)c6ccccc6-c6ccccc65)c4)c3)cc21. The summed E-state index contributed by atoms with van der Waals surface area (Å²) < 4.78 is 0. The molecule has 3 aliphatic carbocycles. The predicted octanol–water partition coefficient (Wildman–Crippen LogP) is 17.3. The standard InChI is InChI=1S/C67H50/c1-65(2)59-29-9-5-25-53(59)57-35-33-49(41-63(57)65)45-19-13-17-43(37-45)47-21-15-23-51(39-47)67(61-31-11-7-27-55(61)56-28-8-12-32-62(56)67)52-24-16-22-48(40-52)44-18-14-20-46(38-44)50-34-36-58-54-26-6-10-30-60(54)66(3,4)64(58)42-50/h5-42H,1-4H3. The van der Waals surface area contributed by atoms with Gasteiger partial charge in [0, 0.05) is 10.8 Å². The van der Waals surface area contributed by atoms with E-state index >= 15 is 0 Å². The number of fused-ring (bicyclic) bond motifs is 9. The highest BCUT2D eigenvalue weighted by molar-refractivity contribution is 5.89. The molecule has 0 aromatic heterocycles. The van der Waals surface area contributed by atoms with Crippen molar-refractivity contribution in [2.75, 3.05) is 0 Å². The van der Waals surface area contributed by atoms with Gasteiger partial charge in [-0.15, -0.1) is 0 Å². The van der Waals surface area contributed by atoms with E-state index in [0.29, 0.717) is 0 Å². The average Bonchev–Trinajstić information content (AvgIpc) is 3.91. The van der Waals surface area contributed by atoms with Crippen LogP contribution in [0.5, 0.6) is 0 Å². The second kappa shape index (κ2) is 14.6. The van der Waals surface area contributed by atoms with E-state index in [1.54, 1.807) is 0 Å². The lowest BCUT2D eigenvalue weighted by atomic mass is 9.67. The summed E-state index contributed by atoms with van der Waals surface area (Å²) in [7, 11) is 0. The summed E-state index contributed by atoms with van der Waals surface area (Å²) in [6, 6.07) is 87.1. The van der Waals surface area contributed by atoms with Gasteiger partial charge in [-0.1, -0.05) is 222 Å². The van der Waals surface area contributed by atoms with Gasteiger partial charge in [-0.05, 0) is 159 Å². The third kappa shape index (κ3) is 5.79. The topological polar surface area (TPSA) is 0 Å². The van der Waals surface area contributed by atoms with Crippen LogP contribution in [-0.4, -0.2) is 0 Å². The maximum absolute atomic E-state index is 2.46. The van der Waals surface area contributed by atoms with E-state index in [9.17, 15) is 0 Å². The average molecular weight is 855 g/mol. The van der Waals surface area contributed by atoms with Crippen molar-refractivity contribution in [1.82, 2.24) is 0 Å². The van der Waals surface area contributed by atoms with Crippen LogP contribution in [0.4, 0.5) is 0 Å². The van der Waals surface area contributed by atoms with Gasteiger partial charge in [0.15, 0.2) is 0 Å². The van der Waals surface area contributed by atoms with Crippen LogP contribution in [0.25, 0.3) is 77.9 Å². The summed E-state index contributed by atoms with van der Waals surface area (Å²) >= 11 is 0. The molecule has 0 aliphatic heterocycles. The minimum absolute atomic E-state index is 0.0523. The molecule has 13 rings (SSSR count). The Bertz CT molecular complexity index is 3410. The summed E-state index contributed by atoms with van der Waals surface area (Å²) in [6.07, 6.45) is 0. The molecule has 0 unspecified atom stereocenters. The fourth-order valence-corrected chi connectivity index (χ4v) is 12.4. The van der Waals surface area contributed by atoms with E-state index in [1.807, 2.05) is 0 Å². The van der Waals surface area contributed by atoms with Gasteiger partial charge in [-0.3, -0.25) is 0 Å². The van der Waals surface area contributed by atoms with Crippen LogP contribution >= 0.6 is 0 Å². The van der Waals surface area contributed by atoms with Gasteiger partial charge in [0.1, 0.15) is 0 Å². The molecule has 0 amide bonds. The molecule has 10 aromatic rings. The van der Waals surface area contributed by atoms with E-state index in [0.717, 1.165) is 0 Å². The Morgan fingerprint density at radius 2 is 0.493 bits per heavy atom.